The van der Waals surface area contributed by atoms with Gasteiger partial charge in [-0.3, -0.25) is 4.79 Å². The minimum atomic E-state index is 0.0254. The van der Waals surface area contributed by atoms with Crippen LogP contribution in [0.2, 0.25) is 0 Å². The van der Waals surface area contributed by atoms with Gasteiger partial charge in [-0.15, -0.1) is 16.9 Å². The Morgan fingerprint density at radius 3 is 2.92 bits per heavy atom. The maximum atomic E-state index is 13.0. The molecule has 0 unspecified atom stereocenters. The van der Waals surface area contributed by atoms with Crippen LogP contribution in [0.5, 0.6) is 0 Å². The summed E-state index contributed by atoms with van der Waals surface area (Å²) < 4.78 is 1.70. The van der Waals surface area contributed by atoms with E-state index in [4.69, 9.17) is 0 Å². The number of anilines is 1. The van der Waals surface area contributed by atoms with E-state index in [9.17, 15) is 4.79 Å². The average Bonchev–Trinajstić information content (AvgIpc) is 2.90. The molecule has 1 aromatic carbocycles. The number of thioether (sulfide) groups is 1. The zero-order chi connectivity index (χ0) is 18.3. The molecule has 1 amide bonds. The van der Waals surface area contributed by atoms with Crippen molar-refractivity contribution in [2.24, 2.45) is 0 Å². The summed E-state index contributed by atoms with van der Waals surface area (Å²) in [5, 5.41) is 4.96. The molecule has 0 saturated carbocycles. The number of carbonyl (C=O) groups excluding carboxylic acids is 1. The lowest BCUT2D eigenvalue weighted by Gasteiger charge is -2.21. The van der Waals surface area contributed by atoms with Gasteiger partial charge in [0.05, 0.1) is 12.1 Å². The summed E-state index contributed by atoms with van der Waals surface area (Å²) in [7, 11) is 0. The number of hydrogen-bond donors (Lipinski definition) is 0. The van der Waals surface area contributed by atoms with Gasteiger partial charge in [-0.2, -0.15) is 4.98 Å². The Kier molecular flexibility index (Phi) is 4.40. The highest BCUT2D eigenvalue weighted by molar-refractivity contribution is 8.00. The van der Waals surface area contributed by atoms with Crippen LogP contribution in [0.1, 0.15) is 30.6 Å². The van der Waals surface area contributed by atoms with Crippen LogP contribution in [0.3, 0.4) is 0 Å². The Morgan fingerprint density at radius 1 is 1.27 bits per heavy atom. The summed E-state index contributed by atoms with van der Waals surface area (Å²) in [5.74, 6) is 1.09. The summed E-state index contributed by atoms with van der Waals surface area (Å²) >= 11 is 1.83. The maximum absolute atomic E-state index is 13.0. The van der Waals surface area contributed by atoms with Gasteiger partial charge in [-0.25, -0.2) is 9.50 Å². The minimum Gasteiger partial charge on any atom is -0.311 e. The molecule has 7 heteroatoms. The second-order valence-electron chi connectivity index (χ2n) is 6.69. The first-order valence-corrected chi connectivity index (χ1v) is 9.65. The van der Waals surface area contributed by atoms with Crippen molar-refractivity contribution in [2.75, 3.05) is 11.4 Å². The number of carbonyl (C=O) groups is 1. The number of nitrogens with zero attached hydrogens (tertiary/aromatic N) is 5. The lowest BCUT2D eigenvalue weighted by Crippen LogP contribution is -2.33. The maximum Gasteiger partial charge on any atom is 0.252 e. The van der Waals surface area contributed by atoms with Crippen LogP contribution >= 0.6 is 11.8 Å². The summed E-state index contributed by atoms with van der Waals surface area (Å²) in [4.78, 5) is 24.9. The van der Waals surface area contributed by atoms with Gasteiger partial charge in [0.1, 0.15) is 0 Å². The predicted octanol–water partition coefficient (Wildman–Crippen LogP) is 3.20. The van der Waals surface area contributed by atoms with Crippen molar-refractivity contribution < 1.29 is 4.79 Å². The highest BCUT2D eigenvalue weighted by Gasteiger charge is 2.25. The average molecular weight is 367 g/mol. The first-order chi connectivity index (χ1) is 12.5. The van der Waals surface area contributed by atoms with Crippen molar-refractivity contribution in [2.45, 2.75) is 43.8 Å². The van der Waals surface area contributed by atoms with E-state index in [2.05, 4.69) is 28.1 Å². The number of fused-ring (bicyclic) bond motifs is 2. The fourth-order valence-electron chi connectivity index (χ4n) is 3.26. The van der Waals surface area contributed by atoms with Gasteiger partial charge in [-0.1, -0.05) is 19.1 Å². The molecule has 0 aliphatic carbocycles. The molecule has 0 fully saturated rings. The molecule has 3 heterocycles. The molecular weight excluding hydrogens is 346 g/mol. The Hall–Kier alpha value is -2.41. The van der Waals surface area contributed by atoms with E-state index < -0.39 is 0 Å². The third-order valence-corrected chi connectivity index (χ3v) is 5.75. The standard InChI is InChI=1S/C19H21N5OS/c1-12-10-13(2)24-19(20-12)21-17(22-24)11-18(25)23-9-8-14(3)26-16-7-5-4-6-15(16)23/h4-7,10,14H,8-9,11H2,1-3H3/t14-/m0/s1. The van der Waals surface area contributed by atoms with Gasteiger partial charge >= 0.3 is 0 Å². The monoisotopic (exact) mass is 367 g/mol. The Bertz CT molecular complexity index is 983. The number of aryl methyl sites for hydroxylation is 2. The van der Waals surface area contributed by atoms with Gasteiger partial charge in [0.2, 0.25) is 5.91 Å². The molecule has 0 saturated heterocycles. The molecule has 0 spiro atoms. The van der Waals surface area contributed by atoms with Crippen molar-refractivity contribution >= 4 is 29.1 Å². The molecule has 2 aromatic heterocycles. The number of para-hydroxylation sites is 1. The zero-order valence-corrected chi connectivity index (χ0v) is 16.0. The van der Waals surface area contributed by atoms with E-state index in [0.29, 0.717) is 23.4 Å². The first kappa shape index (κ1) is 17.0. The van der Waals surface area contributed by atoms with E-state index in [-0.39, 0.29) is 12.3 Å². The molecule has 0 N–H and O–H groups in total. The van der Waals surface area contributed by atoms with Gasteiger partial charge in [0.15, 0.2) is 5.82 Å². The molecule has 0 bridgehead atoms. The van der Waals surface area contributed by atoms with Crippen LogP contribution in [0.15, 0.2) is 35.2 Å². The van der Waals surface area contributed by atoms with E-state index in [1.165, 1.54) is 0 Å². The van der Waals surface area contributed by atoms with Gasteiger partial charge in [0, 0.05) is 28.1 Å². The van der Waals surface area contributed by atoms with Crippen molar-refractivity contribution in [3.63, 3.8) is 0 Å². The molecule has 0 radical (unpaired) electrons. The highest BCUT2D eigenvalue weighted by atomic mass is 32.2. The third-order valence-electron chi connectivity index (χ3n) is 4.52. The quantitative estimate of drug-likeness (QED) is 0.696. The number of hydrogen-bond acceptors (Lipinski definition) is 5. The van der Waals surface area contributed by atoms with Crippen LogP contribution in [-0.2, 0) is 11.2 Å². The normalized spacial score (nSPS) is 17.2. The summed E-state index contributed by atoms with van der Waals surface area (Å²) in [5.41, 5.74) is 2.84. The molecule has 1 atom stereocenters. The second kappa shape index (κ2) is 6.72. The van der Waals surface area contributed by atoms with Gasteiger partial charge < -0.3 is 4.90 Å². The smallest absolute Gasteiger partial charge is 0.252 e. The fraction of sp³-hybridized carbons (Fsp3) is 0.368. The SMILES string of the molecule is Cc1cc(C)n2nc(CC(=O)N3CC[C@H](C)Sc4ccccc43)nc2n1. The van der Waals surface area contributed by atoms with E-state index in [1.54, 1.807) is 4.52 Å². The molecular formula is C19H21N5OS. The zero-order valence-electron chi connectivity index (χ0n) is 15.1. The van der Waals surface area contributed by atoms with Crippen LogP contribution in [-0.4, -0.2) is 37.3 Å². The van der Waals surface area contributed by atoms with E-state index in [1.807, 2.05) is 54.8 Å². The van der Waals surface area contributed by atoms with Crippen molar-refractivity contribution in [3.05, 3.63) is 47.5 Å². The molecule has 1 aliphatic rings. The van der Waals surface area contributed by atoms with Crippen molar-refractivity contribution in [1.29, 1.82) is 0 Å². The number of amides is 1. The summed E-state index contributed by atoms with van der Waals surface area (Å²) in [6, 6.07) is 10.1. The van der Waals surface area contributed by atoms with Crippen LogP contribution in [0.4, 0.5) is 5.69 Å². The molecule has 3 aromatic rings. The minimum absolute atomic E-state index is 0.0254. The molecule has 1 aliphatic heterocycles. The summed E-state index contributed by atoms with van der Waals surface area (Å²) in [6.45, 7) is 6.81. The predicted molar refractivity (Wildman–Crippen MR) is 103 cm³/mol. The number of aromatic nitrogens is 4. The lowest BCUT2D eigenvalue weighted by atomic mass is 10.2. The molecule has 4 rings (SSSR count). The van der Waals surface area contributed by atoms with E-state index >= 15 is 0 Å². The van der Waals surface area contributed by atoms with Crippen LogP contribution in [0.25, 0.3) is 5.78 Å². The van der Waals surface area contributed by atoms with Gasteiger partial charge in [-0.05, 0) is 38.5 Å². The van der Waals surface area contributed by atoms with Crippen molar-refractivity contribution in [1.82, 2.24) is 19.6 Å². The number of benzene rings is 1. The second-order valence-corrected chi connectivity index (χ2v) is 8.17. The molecule has 26 heavy (non-hydrogen) atoms. The Balaban J connectivity index is 1.63. The lowest BCUT2D eigenvalue weighted by molar-refractivity contribution is -0.118. The fourth-order valence-corrected chi connectivity index (χ4v) is 4.37. The molecule has 6 nitrogen and oxygen atoms in total. The Labute approximate surface area is 156 Å². The largest absolute Gasteiger partial charge is 0.311 e. The van der Waals surface area contributed by atoms with Gasteiger partial charge in [0.25, 0.3) is 5.78 Å². The number of rotatable bonds is 2. The Morgan fingerprint density at radius 2 is 2.08 bits per heavy atom. The first-order valence-electron chi connectivity index (χ1n) is 8.77. The van der Waals surface area contributed by atoms with Crippen LogP contribution in [0, 0.1) is 13.8 Å². The van der Waals surface area contributed by atoms with E-state index in [0.717, 1.165) is 28.4 Å². The third kappa shape index (κ3) is 3.19. The summed E-state index contributed by atoms with van der Waals surface area (Å²) in [6.07, 6.45) is 1.14. The van der Waals surface area contributed by atoms with Crippen molar-refractivity contribution in [3.8, 4) is 0 Å². The topological polar surface area (TPSA) is 63.4 Å². The van der Waals surface area contributed by atoms with Crippen LogP contribution < -0.4 is 4.90 Å². The highest BCUT2D eigenvalue weighted by Crippen LogP contribution is 2.37. The molecule has 134 valence electrons.